The van der Waals surface area contributed by atoms with Crippen LogP contribution in [0.25, 0.3) is 0 Å². The Balaban J connectivity index is 3.01. The van der Waals surface area contributed by atoms with Crippen LogP contribution in [0, 0.1) is 5.92 Å². The van der Waals surface area contributed by atoms with Crippen molar-refractivity contribution in [2.45, 2.75) is 44.8 Å². The maximum atomic E-state index is 7.53. The molecule has 0 aromatic carbocycles. The van der Waals surface area contributed by atoms with Gasteiger partial charge in [-0.1, -0.05) is 44.8 Å². The summed E-state index contributed by atoms with van der Waals surface area (Å²) < 4.78 is 45.2. The largest absolute Gasteiger partial charge is 0.0693 e. The van der Waals surface area contributed by atoms with Gasteiger partial charge in [-0.05, 0) is 5.92 Å². The molecular formula is C8H18Si. The van der Waals surface area contributed by atoms with Crippen LogP contribution >= 0.6 is 0 Å². The van der Waals surface area contributed by atoms with E-state index in [2.05, 4.69) is 0 Å². The second-order valence-electron chi connectivity index (χ2n) is 3.10. The lowest BCUT2D eigenvalue weighted by Gasteiger charge is -2.13. The third-order valence-corrected chi connectivity index (χ3v) is 4.61. The van der Waals surface area contributed by atoms with Gasteiger partial charge in [0.25, 0.3) is 0 Å². The van der Waals surface area contributed by atoms with Gasteiger partial charge in [-0.2, -0.15) is 0 Å². The Morgan fingerprint density at radius 1 is 1.67 bits per heavy atom. The summed E-state index contributed by atoms with van der Waals surface area (Å²) in [5.41, 5.74) is 0. The van der Waals surface area contributed by atoms with Crippen LogP contribution in [0.2, 0.25) is 25.0 Å². The van der Waals surface area contributed by atoms with Crippen LogP contribution in [0.5, 0.6) is 0 Å². The fraction of sp³-hybridized carbons (Fsp3) is 1.00. The number of hydrogen-bond donors (Lipinski definition) is 0. The molecule has 54 valence electrons. The van der Waals surface area contributed by atoms with Gasteiger partial charge in [0.05, 0.1) is 0 Å². The van der Waals surface area contributed by atoms with Crippen molar-refractivity contribution < 1.29 is 8.22 Å². The van der Waals surface area contributed by atoms with Gasteiger partial charge in [0.1, 0.15) is 0 Å². The molecule has 9 heavy (non-hydrogen) atoms. The zero-order valence-electron chi connectivity index (χ0n) is 11.9. The maximum Gasteiger partial charge on any atom is 0.0476 e. The lowest BCUT2D eigenvalue weighted by atomic mass is 10.1. The van der Waals surface area contributed by atoms with Gasteiger partial charge in [0, 0.05) is 16.3 Å². The standard InChI is InChI=1S/C8H18Si/c1-4-8-5-6-9(2,3)7-8/h8H,4-7H2,1-3H3/i2D3,3D3. The van der Waals surface area contributed by atoms with Gasteiger partial charge < -0.3 is 0 Å². The summed E-state index contributed by atoms with van der Waals surface area (Å²) in [7, 11) is -3.12. The molecule has 0 radical (unpaired) electrons. The molecule has 0 saturated carbocycles. The van der Waals surface area contributed by atoms with Gasteiger partial charge in [-0.3, -0.25) is 0 Å². The van der Waals surface area contributed by atoms with Crippen LogP contribution in [0.1, 0.15) is 28.0 Å². The molecule has 0 spiro atoms. The van der Waals surface area contributed by atoms with Crippen molar-refractivity contribution in [1.29, 1.82) is 0 Å². The van der Waals surface area contributed by atoms with E-state index in [0.29, 0.717) is 18.0 Å². The average molecular weight is 148 g/mol. The van der Waals surface area contributed by atoms with Crippen molar-refractivity contribution >= 4 is 8.07 Å². The van der Waals surface area contributed by atoms with Crippen LogP contribution in [0.15, 0.2) is 0 Å². The van der Waals surface area contributed by atoms with Crippen LogP contribution in [0.3, 0.4) is 0 Å². The summed E-state index contributed by atoms with van der Waals surface area (Å²) >= 11 is 0. The molecule has 0 bridgehead atoms. The molecule has 0 N–H and O–H groups in total. The molecule has 1 atom stereocenters. The predicted molar refractivity (Wildman–Crippen MR) is 45.5 cm³/mol. The minimum atomic E-state index is -3.12. The number of rotatable bonds is 1. The Bertz CT molecular complexity index is 216. The highest BCUT2D eigenvalue weighted by Gasteiger charge is 2.31. The quantitative estimate of drug-likeness (QED) is 0.501. The van der Waals surface area contributed by atoms with Crippen molar-refractivity contribution in [2.75, 3.05) is 0 Å². The van der Waals surface area contributed by atoms with Crippen LogP contribution in [-0.4, -0.2) is 8.07 Å². The molecule has 1 rings (SSSR count). The second-order valence-corrected chi connectivity index (χ2v) is 6.17. The van der Waals surface area contributed by atoms with E-state index in [9.17, 15) is 0 Å². The van der Waals surface area contributed by atoms with Gasteiger partial charge in [0.2, 0.25) is 0 Å². The lowest BCUT2D eigenvalue weighted by Crippen LogP contribution is -2.19. The summed E-state index contributed by atoms with van der Waals surface area (Å²) in [6.07, 6.45) is 1.69. The monoisotopic (exact) mass is 148 g/mol. The van der Waals surface area contributed by atoms with E-state index in [1.54, 1.807) is 0 Å². The third-order valence-electron chi connectivity index (χ3n) is 2.19. The van der Waals surface area contributed by atoms with E-state index in [1.165, 1.54) is 0 Å². The zero-order valence-corrected chi connectivity index (χ0v) is 6.91. The summed E-state index contributed by atoms with van der Waals surface area (Å²) in [5, 5.41) is 0. The Morgan fingerprint density at radius 2 is 2.44 bits per heavy atom. The molecule has 1 heteroatoms. The van der Waals surface area contributed by atoms with Crippen LogP contribution < -0.4 is 0 Å². The Hall–Kier alpha value is 0.217. The van der Waals surface area contributed by atoms with E-state index < -0.39 is 21.0 Å². The maximum absolute atomic E-state index is 7.53. The van der Waals surface area contributed by atoms with Crippen molar-refractivity contribution in [3.63, 3.8) is 0 Å². The topological polar surface area (TPSA) is 0 Å². The van der Waals surface area contributed by atoms with Gasteiger partial charge in [-0.15, -0.1) is 0 Å². The van der Waals surface area contributed by atoms with Crippen LogP contribution in [0.4, 0.5) is 0 Å². The molecule has 1 fully saturated rings. The van der Waals surface area contributed by atoms with E-state index in [-0.39, 0.29) is 0 Å². The van der Waals surface area contributed by atoms with Gasteiger partial charge in [-0.25, -0.2) is 0 Å². The van der Waals surface area contributed by atoms with E-state index in [4.69, 9.17) is 8.22 Å². The first-order valence-corrected chi connectivity index (χ1v) is 6.05. The predicted octanol–water partition coefficient (Wildman–Crippen LogP) is 3.12. The molecular weight excluding hydrogens is 124 g/mol. The van der Waals surface area contributed by atoms with E-state index in [0.717, 1.165) is 12.8 Å². The smallest absolute Gasteiger partial charge is 0.0476 e. The Morgan fingerprint density at radius 3 is 2.78 bits per heavy atom. The van der Waals surface area contributed by atoms with Crippen molar-refractivity contribution in [3.05, 3.63) is 0 Å². The molecule has 1 aliphatic rings. The van der Waals surface area contributed by atoms with Crippen LogP contribution in [-0.2, 0) is 0 Å². The summed E-state index contributed by atoms with van der Waals surface area (Å²) in [5.74, 6) is 0.317. The number of hydrogen-bond acceptors (Lipinski definition) is 0. The van der Waals surface area contributed by atoms with Gasteiger partial charge >= 0.3 is 0 Å². The molecule has 0 aromatic rings. The Labute approximate surface area is 68.1 Å². The van der Waals surface area contributed by atoms with E-state index >= 15 is 0 Å². The van der Waals surface area contributed by atoms with Gasteiger partial charge in [0.15, 0.2) is 0 Å². The molecule has 0 aromatic heterocycles. The highest BCUT2D eigenvalue weighted by molar-refractivity contribution is 6.78. The normalized spacial score (nSPS) is 45.7. The highest BCUT2D eigenvalue weighted by Crippen LogP contribution is 2.36. The molecule has 0 nitrogen and oxygen atoms in total. The molecule has 0 amide bonds. The first-order chi connectivity index (χ1) is 6.64. The first kappa shape index (κ1) is 2.69. The minimum absolute atomic E-state index is 0.317. The Kier molecular flexibility index (Phi) is 0.732. The highest BCUT2D eigenvalue weighted by atomic mass is 28.3. The van der Waals surface area contributed by atoms with Crippen molar-refractivity contribution in [3.8, 4) is 0 Å². The minimum Gasteiger partial charge on any atom is -0.0693 e. The molecule has 1 heterocycles. The third kappa shape index (κ3) is 1.82. The summed E-state index contributed by atoms with van der Waals surface area (Å²) in [6, 6.07) is 0.898. The summed E-state index contributed by atoms with van der Waals surface area (Å²) in [4.78, 5) is 0. The summed E-state index contributed by atoms with van der Waals surface area (Å²) in [6.45, 7) is -2.46. The SMILES string of the molecule is [2H]C([2H])([2H])[Si]1(C([2H])([2H])[2H])CCC(CC)C1. The molecule has 0 aliphatic carbocycles. The average Bonchev–Trinajstić information content (AvgIpc) is 2.45. The van der Waals surface area contributed by atoms with Crippen molar-refractivity contribution in [2.24, 2.45) is 5.92 Å². The van der Waals surface area contributed by atoms with Crippen molar-refractivity contribution in [1.82, 2.24) is 0 Å². The zero-order chi connectivity index (χ0) is 11.9. The molecule has 1 aliphatic heterocycles. The second kappa shape index (κ2) is 2.45. The first-order valence-electron chi connectivity index (χ1n) is 6.64. The fourth-order valence-electron chi connectivity index (χ4n) is 1.50. The molecule has 1 unspecified atom stereocenters. The van der Waals surface area contributed by atoms with E-state index in [1.807, 2.05) is 6.92 Å². The molecule has 1 saturated heterocycles. The lowest BCUT2D eigenvalue weighted by molar-refractivity contribution is 0.569. The fourth-order valence-corrected chi connectivity index (χ4v) is 4.08.